The van der Waals surface area contributed by atoms with E-state index in [1.54, 1.807) is 0 Å². The molecule has 4 nitrogen and oxygen atoms in total. The van der Waals surface area contributed by atoms with Crippen molar-refractivity contribution in [3.05, 3.63) is 29.8 Å². The van der Waals surface area contributed by atoms with Crippen LogP contribution >= 0.6 is 0 Å². The summed E-state index contributed by atoms with van der Waals surface area (Å²) in [5.74, 6) is 0.532. The van der Waals surface area contributed by atoms with Crippen LogP contribution in [-0.4, -0.2) is 24.6 Å². The normalized spacial score (nSPS) is 16.3. The third kappa shape index (κ3) is 4.04. The molecular formula is C14H20N2O2. The molecule has 0 aliphatic heterocycles. The molecule has 0 heterocycles. The lowest BCUT2D eigenvalue weighted by atomic mass is 10.2. The largest absolute Gasteiger partial charge is 0.494 e. The third-order valence-electron chi connectivity index (χ3n) is 3.05. The molecule has 0 radical (unpaired) electrons. The minimum absolute atomic E-state index is 0.275. The van der Waals surface area contributed by atoms with Crippen molar-refractivity contribution < 1.29 is 9.53 Å². The standard InChI is InChI=1S/C14H20N2O2/c1-10-2-6-12(7-3-10)18-9-8-13(14(15)17)16-11-4-5-11/h2-3,6-7,11,13,16H,4-5,8-9H2,1H3,(H2,15,17). The van der Waals surface area contributed by atoms with Crippen molar-refractivity contribution in [3.8, 4) is 5.75 Å². The second-order valence-electron chi connectivity index (χ2n) is 4.85. The van der Waals surface area contributed by atoms with Gasteiger partial charge in [0.25, 0.3) is 0 Å². The van der Waals surface area contributed by atoms with Crippen LogP contribution in [0.4, 0.5) is 0 Å². The van der Waals surface area contributed by atoms with Gasteiger partial charge >= 0.3 is 0 Å². The lowest BCUT2D eigenvalue weighted by molar-refractivity contribution is -0.120. The predicted octanol–water partition coefficient (Wildman–Crippen LogP) is 1.37. The molecule has 0 bridgehead atoms. The van der Waals surface area contributed by atoms with Gasteiger partial charge in [-0.1, -0.05) is 17.7 Å². The number of benzene rings is 1. The molecule has 1 fully saturated rings. The molecule has 1 amide bonds. The number of ether oxygens (including phenoxy) is 1. The Hall–Kier alpha value is -1.55. The summed E-state index contributed by atoms with van der Waals surface area (Å²) in [7, 11) is 0. The van der Waals surface area contributed by atoms with Gasteiger partial charge in [-0.3, -0.25) is 4.79 Å². The highest BCUT2D eigenvalue weighted by molar-refractivity contribution is 5.79. The van der Waals surface area contributed by atoms with E-state index >= 15 is 0 Å². The van der Waals surface area contributed by atoms with Crippen molar-refractivity contribution in [1.29, 1.82) is 0 Å². The van der Waals surface area contributed by atoms with Gasteiger partial charge in [-0.25, -0.2) is 0 Å². The van der Waals surface area contributed by atoms with Crippen molar-refractivity contribution >= 4 is 5.91 Å². The molecule has 1 saturated carbocycles. The Kier molecular flexibility index (Phi) is 4.20. The highest BCUT2D eigenvalue weighted by Gasteiger charge is 2.26. The number of carbonyl (C=O) groups excluding carboxylic acids is 1. The summed E-state index contributed by atoms with van der Waals surface area (Å²) in [5.41, 5.74) is 6.56. The predicted molar refractivity (Wildman–Crippen MR) is 70.4 cm³/mol. The zero-order valence-electron chi connectivity index (χ0n) is 10.7. The van der Waals surface area contributed by atoms with Crippen molar-refractivity contribution in [2.75, 3.05) is 6.61 Å². The first kappa shape index (κ1) is 12.9. The molecule has 0 spiro atoms. The fraction of sp³-hybridized carbons (Fsp3) is 0.500. The Bertz CT molecular complexity index is 399. The zero-order valence-corrected chi connectivity index (χ0v) is 10.7. The number of aryl methyl sites for hydroxylation is 1. The van der Waals surface area contributed by atoms with Crippen molar-refractivity contribution in [2.24, 2.45) is 5.73 Å². The minimum Gasteiger partial charge on any atom is -0.494 e. The van der Waals surface area contributed by atoms with Crippen LogP contribution in [0.5, 0.6) is 5.75 Å². The molecular weight excluding hydrogens is 228 g/mol. The van der Waals surface area contributed by atoms with Gasteiger partial charge in [-0.2, -0.15) is 0 Å². The Balaban J connectivity index is 1.75. The van der Waals surface area contributed by atoms with E-state index in [2.05, 4.69) is 5.32 Å². The fourth-order valence-electron chi connectivity index (χ4n) is 1.77. The summed E-state index contributed by atoms with van der Waals surface area (Å²) in [4.78, 5) is 11.3. The molecule has 98 valence electrons. The average Bonchev–Trinajstić information content (AvgIpc) is 3.14. The molecule has 1 aromatic carbocycles. The van der Waals surface area contributed by atoms with Gasteiger partial charge in [-0.05, 0) is 31.9 Å². The lowest BCUT2D eigenvalue weighted by Gasteiger charge is -2.15. The maximum atomic E-state index is 11.3. The van der Waals surface area contributed by atoms with Gasteiger partial charge in [0.05, 0.1) is 12.6 Å². The van der Waals surface area contributed by atoms with E-state index in [0.29, 0.717) is 19.1 Å². The first-order chi connectivity index (χ1) is 8.65. The smallest absolute Gasteiger partial charge is 0.234 e. The highest BCUT2D eigenvalue weighted by atomic mass is 16.5. The number of hydrogen-bond acceptors (Lipinski definition) is 3. The number of hydrogen-bond donors (Lipinski definition) is 2. The minimum atomic E-state index is -0.297. The van der Waals surface area contributed by atoms with Crippen molar-refractivity contribution in [1.82, 2.24) is 5.32 Å². The summed E-state index contributed by atoms with van der Waals surface area (Å²) in [6.07, 6.45) is 2.89. The molecule has 4 heteroatoms. The van der Waals surface area contributed by atoms with E-state index in [1.165, 1.54) is 5.56 Å². The van der Waals surface area contributed by atoms with E-state index in [9.17, 15) is 4.79 Å². The summed E-state index contributed by atoms with van der Waals surface area (Å²) < 4.78 is 5.60. The summed E-state index contributed by atoms with van der Waals surface area (Å²) in [6, 6.07) is 8.07. The van der Waals surface area contributed by atoms with Gasteiger partial charge in [0.1, 0.15) is 5.75 Å². The van der Waals surface area contributed by atoms with Crippen LogP contribution in [0.2, 0.25) is 0 Å². The van der Waals surface area contributed by atoms with Crippen LogP contribution in [0, 0.1) is 6.92 Å². The fourth-order valence-corrected chi connectivity index (χ4v) is 1.77. The molecule has 2 rings (SSSR count). The van der Waals surface area contributed by atoms with Crippen molar-refractivity contribution in [3.63, 3.8) is 0 Å². The Labute approximate surface area is 108 Å². The zero-order chi connectivity index (χ0) is 13.0. The van der Waals surface area contributed by atoms with Gasteiger partial charge in [-0.15, -0.1) is 0 Å². The quantitative estimate of drug-likeness (QED) is 0.766. The number of amides is 1. The van der Waals surface area contributed by atoms with Gasteiger partial charge in [0.15, 0.2) is 0 Å². The van der Waals surface area contributed by atoms with Crippen LogP contribution in [0.15, 0.2) is 24.3 Å². The van der Waals surface area contributed by atoms with E-state index in [-0.39, 0.29) is 11.9 Å². The van der Waals surface area contributed by atoms with Crippen molar-refractivity contribution in [2.45, 2.75) is 38.3 Å². The van der Waals surface area contributed by atoms with Crippen LogP contribution in [0.25, 0.3) is 0 Å². The first-order valence-corrected chi connectivity index (χ1v) is 6.40. The number of nitrogens with two attached hydrogens (primary N) is 1. The van der Waals surface area contributed by atoms with Gasteiger partial charge in [0.2, 0.25) is 5.91 Å². The second-order valence-corrected chi connectivity index (χ2v) is 4.85. The maximum Gasteiger partial charge on any atom is 0.234 e. The molecule has 1 aliphatic rings. The van der Waals surface area contributed by atoms with Crippen LogP contribution in [0.1, 0.15) is 24.8 Å². The van der Waals surface area contributed by atoms with E-state index in [4.69, 9.17) is 10.5 Å². The Morgan fingerprint density at radius 1 is 1.44 bits per heavy atom. The van der Waals surface area contributed by atoms with Crippen LogP contribution < -0.4 is 15.8 Å². The number of primary amides is 1. The molecule has 18 heavy (non-hydrogen) atoms. The average molecular weight is 248 g/mol. The number of nitrogens with one attached hydrogen (secondary N) is 1. The van der Waals surface area contributed by atoms with Gasteiger partial charge < -0.3 is 15.8 Å². The van der Waals surface area contributed by atoms with Crippen LogP contribution in [-0.2, 0) is 4.79 Å². The van der Waals surface area contributed by atoms with E-state index < -0.39 is 0 Å². The Morgan fingerprint density at radius 2 is 2.11 bits per heavy atom. The summed E-state index contributed by atoms with van der Waals surface area (Å²) >= 11 is 0. The second kappa shape index (κ2) is 5.87. The molecule has 3 N–H and O–H groups in total. The highest BCUT2D eigenvalue weighted by Crippen LogP contribution is 2.20. The molecule has 0 aromatic heterocycles. The van der Waals surface area contributed by atoms with E-state index in [0.717, 1.165) is 18.6 Å². The first-order valence-electron chi connectivity index (χ1n) is 6.40. The lowest BCUT2D eigenvalue weighted by Crippen LogP contribution is -2.43. The monoisotopic (exact) mass is 248 g/mol. The SMILES string of the molecule is Cc1ccc(OCCC(NC2CC2)C(N)=O)cc1. The van der Waals surface area contributed by atoms with Crippen LogP contribution in [0.3, 0.4) is 0 Å². The van der Waals surface area contributed by atoms with E-state index in [1.807, 2.05) is 31.2 Å². The summed E-state index contributed by atoms with van der Waals surface area (Å²) in [6.45, 7) is 2.53. The molecule has 1 aliphatic carbocycles. The molecule has 1 atom stereocenters. The maximum absolute atomic E-state index is 11.3. The molecule has 1 aromatic rings. The Morgan fingerprint density at radius 3 is 2.67 bits per heavy atom. The third-order valence-corrected chi connectivity index (χ3v) is 3.05. The number of carbonyl (C=O) groups is 1. The summed E-state index contributed by atoms with van der Waals surface area (Å²) in [5, 5.41) is 3.23. The molecule has 0 saturated heterocycles. The topological polar surface area (TPSA) is 64.3 Å². The number of rotatable bonds is 7. The van der Waals surface area contributed by atoms with Gasteiger partial charge in [0, 0.05) is 12.5 Å². The molecule has 1 unspecified atom stereocenters.